The summed E-state index contributed by atoms with van der Waals surface area (Å²) < 4.78 is 0. The Morgan fingerprint density at radius 1 is 0.750 bits per heavy atom. The maximum atomic E-state index is 0. The molecule has 0 bridgehead atoms. The monoisotopic (exact) mass is 65.1 g/mol. The van der Waals surface area contributed by atoms with Gasteiger partial charge in [-0.3, -0.25) is 0 Å². The van der Waals surface area contributed by atoms with Gasteiger partial charge in [-0.25, -0.2) is 0 Å². The standard InChI is InChI=1S/Be.3H2O.2H/h;3*1H2;;/q+2;;;;2*-1. The molecule has 28 valence electrons. The normalized spacial score (nSPS) is 0. The Bertz CT molecular complexity index is 8.75. The van der Waals surface area contributed by atoms with E-state index in [1.165, 1.54) is 0 Å². The van der Waals surface area contributed by atoms with Gasteiger partial charge in [0.05, 0.1) is 0 Å². The molecule has 0 aliphatic carbocycles. The Hall–Kier alpha value is 0.0488. The Kier molecular flexibility index (Phi) is 21200000. The number of hydrogen-bond donors (Lipinski definition) is 0. The average Bonchev–Trinajstić information content (AvgIpc) is 0. The molecule has 0 amide bonds. The molecule has 0 fully saturated rings. The molecule has 3 nitrogen and oxygen atoms in total. The minimum Gasteiger partial charge on any atom is -1.00 e. The quantitative estimate of drug-likeness (QED) is 0.276. The maximum absolute atomic E-state index is 0. The number of hydrogen-bond acceptors (Lipinski definition) is 0. The van der Waals surface area contributed by atoms with E-state index in [4.69, 9.17) is 0 Å². The molecular formula is H8BeO3. The van der Waals surface area contributed by atoms with E-state index in [0.29, 0.717) is 0 Å². The molecular weight excluding hydrogens is 57.0 g/mol. The second-order valence-electron chi connectivity index (χ2n) is 0. The summed E-state index contributed by atoms with van der Waals surface area (Å²) in [7, 11) is 0. The smallest absolute Gasteiger partial charge is 1.00 e. The summed E-state index contributed by atoms with van der Waals surface area (Å²) in [5.74, 6) is 0. The Morgan fingerprint density at radius 3 is 0.750 bits per heavy atom. The zero-order valence-corrected chi connectivity index (χ0v) is 2.21. The van der Waals surface area contributed by atoms with E-state index in [2.05, 4.69) is 0 Å². The molecule has 0 atom stereocenters. The zero-order chi connectivity index (χ0) is 0. The van der Waals surface area contributed by atoms with Crippen LogP contribution >= 0.6 is 0 Å². The van der Waals surface area contributed by atoms with Crippen molar-refractivity contribution in [2.24, 2.45) is 0 Å². The molecule has 0 aliphatic heterocycles. The van der Waals surface area contributed by atoms with Crippen LogP contribution in [0.3, 0.4) is 0 Å². The Balaban J connectivity index is 0. The van der Waals surface area contributed by atoms with Crippen molar-refractivity contribution in [3.8, 4) is 0 Å². The van der Waals surface area contributed by atoms with E-state index >= 15 is 0 Å². The minimum absolute atomic E-state index is 0. The van der Waals surface area contributed by atoms with Crippen LogP contribution in [-0.2, 0) is 0 Å². The molecule has 4 heavy (non-hydrogen) atoms. The van der Waals surface area contributed by atoms with Crippen LogP contribution in [0.15, 0.2) is 0 Å². The van der Waals surface area contributed by atoms with Crippen LogP contribution in [0, 0.1) is 0 Å². The largest absolute Gasteiger partial charge is 2.00 e. The second kappa shape index (κ2) is 5370. The van der Waals surface area contributed by atoms with E-state index in [-0.39, 0.29) is 29.4 Å². The third kappa shape index (κ3) is 945. The van der Waals surface area contributed by atoms with Crippen molar-refractivity contribution in [1.29, 1.82) is 0 Å². The molecule has 0 aromatic rings. The fraction of sp³-hybridized carbons (Fsp3) is 0. The molecule has 0 spiro atoms. The van der Waals surface area contributed by atoms with Gasteiger partial charge in [0.1, 0.15) is 0 Å². The van der Waals surface area contributed by atoms with Crippen LogP contribution in [0.2, 0.25) is 0 Å². The van der Waals surface area contributed by atoms with Gasteiger partial charge in [0.15, 0.2) is 0 Å². The van der Waals surface area contributed by atoms with Crippen LogP contribution in [0.25, 0.3) is 0 Å². The Labute approximate surface area is 30.7 Å². The first kappa shape index (κ1) is 15800. The first-order valence-electron chi connectivity index (χ1n) is 0. The summed E-state index contributed by atoms with van der Waals surface area (Å²) in [6, 6.07) is 0. The molecule has 0 rings (SSSR count). The molecule has 4 heteroatoms. The van der Waals surface area contributed by atoms with Gasteiger partial charge in [0.2, 0.25) is 0 Å². The Morgan fingerprint density at radius 2 is 0.750 bits per heavy atom. The van der Waals surface area contributed by atoms with Crippen LogP contribution in [0.1, 0.15) is 2.85 Å². The molecule has 0 saturated heterocycles. The summed E-state index contributed by atoms with van der Waals surface area (Å²) in [5, 5.41) is 0. The van der Waals surface area contributed by atoms with Crippen molar-refractivity contribution >= 4 is 10.1 Å². The van der Waals surface area contributed by atoms with E-state index in [1.54, 1.807) is 0 Å². The van der Waals surface area contributed by atoms with E-state index in [0.717, 1.165) is 0 Å². The van der Waals surface area contributed by atoms with Gasteiger partial charge in [-0.05, 0) is 0 Å². The molecule has 0 aliphatic rings. The van der Waals surface area contributed by atoms with Crippen molar-refractivity contribution in [3.63, 3.8) is 0 Å². The van der Waals surface area contributed by atoms with Crippen LogP contribution in [0.4, 0.5) is 0 Å². The third-order valence-corrected chi connectivity index (χ3v) is 0. The van der Waals surface area contributed by atoms with Gasteiger partial charge in [-0.1, -0.05) is 0 Å². The van der Waals surface area contributed by atoms with Gasteiger partial charge in [-0.15, -0.1) is 0 Å². The van der Waals surface area contributed by atoms with Crippen LogP contribution in [0.5, 0.6) is 0 Å². The minimum atomic E-state index is 0. The average molecular weight is 65.1 g/mol. The molecule has 0 aromatic carbocycles. The van der Waals surface area contributed by atoms with Crippen molar-refractivity contribution in [1.82, 2.24) is 0 Å². The molecule has 0 radical (unpaired) electrons. The van der Waals surface area contributed by atoms with Gasteiger partial charge >= 0.3 is 10.1 Å². The van der Waals surface area contributed by atoms with Gasteiger partial charge in [-0.2, -0.15) is 0 Å². The van der Waals surface area contributed by atoms with Crippen molar-refractivity contribution in [2.75, 3.05) is 0 Å². The van der Waals surface area contributed by atoms with Gasteiger partial charge in [0.25, 0.3) is 0 Å². The molecule has 0 unspecified atom stereocenters. The molecule has 0 aromatic heterocycles. The van der Waals surface area contributed by atoms with Gasteiger partial charge in [0, 0.05) is 0 Å². The summed E-state index contributed by atoms with van der Waals surface area (Å²) in [4.78, 5) is 0. The van der Waals surface area contributed by atoms with Crippen LogP contribution in [-0.4, -0.2) is 26.5 Å². The predicted molar refractivity (Wildman–Crippen MR) is 18.8 cm³/mol. The summed E-state index contributed by atoms with van der Waals surface area (Å²) in [5.41, 5.74) is 0. The third-order valence-electron chi connectivity index (χ3n) is 0. The number of rotatable bonds is 0. The molecule has 0 heterocycles. The zero-order valence-electron chi connectivity index (χ0n) is 4.21. The van der Waals surface area contributed by atoms with Crippen LogP contribution < -0.4 is 0 Å². The predicted octanol–water partition coefficient (Wildman–Crippen LogP) is -2.63. The topological polar surface area (TPSA) is 94.5 Å². The summed E-state index contributed by atoms with van der Waals surface area (Å²) >= 11 is 0. The summed E-state index contributed by atoms with van der Waals surface area (Å²) in [6.45, 7) is 0. The fourth-order valence-corrected chi connectivity index (χ4v) is 0. The first-order chi connectivity index (χ1) is 0. The van der Waals surface area contributed by atoms with E-state index in [9.17, 15) is 0 Å². The maximum Gasteiger partial charge on any atom is 2.00 e. The van der Waals surface area contributed by atoms with Crippen molar-refractivity contribution in [2.45, 2.75) is 0 Å². The molecule has 0 saturated carbocycles. The SMILES string of the molecule is O.O.O.[Be+2].[H-].[H-]. The fourth-order valence-electron chi connectivity index (χ4n) is 0. The van der Waals surface area contributed by atoms with E-state index in [1.807, 2.05) is 0 Å². The van der Waals surface area contributed by atoms with E-state index < -0.39 is 0 Å². The van der Waals surface area contributed by atoms with Crippen molar-refractivity contribution < 1.29 is 19.3 Å². The van der Waals surface area contributed by atoms with Gasteiger partial charge < -0.3 is 19.3 Å². The second-order valence-corrected chi connectivity index (χ2v) is 0. The van der Waals surface area contributed by atoms with Crippen molar-refractivity contribution in [3.05, 3.63) is 0 Å². The summed E-state index contributed by atoms with van der Waals surface area (Å²) in [6.07, 6.45) is 0. The first-order valence-corrected chi connectivity index (χ1v) is 0. The molecule has 6 N–H and O–H groups in total.